The third kappa shape index (κ3) is 4.12. The van der Waals surface area contributed by atoms with Gasteiger partial charge in [0.15, 0.2) is 5.78 Å². The van der Waals surface area contributed by atoms with Gasteiger partial charge in [0.1, 0.15) is 0 Å². The van der Waals surface area contributed by atoms with E-state index in [-0.39, 0.29) is 11.0 Å². The molecule has 1 fully saturated rings. The van der Waals surface area contributed by atoms with Crippen LogP contribution in [0.3, 0.4) is 0 Å². The number of carbonyl (C=O) groups is 1. The SMILES string of the molecule is CC(SC1CCOCC1)C(=O)c1ccc(Cl)cc1Cl. The van der Waals surface area contributed by atoms with Crippen LogP contribution in [0.4, 0.5) is 0 Å². The molecule has 0 amide bonds. The van der Waals surface area contributed by atoms with E-state index >= 15 is 0 Å². The van der Waals surface area contributed by atoms with Crippen LogP contribution in [0.5, 0.6) is 0 Å². The molecule has 19 heavy (non-hydrogen) atoms. The molecule has 1 aliphatic heterocycles. The van der Waals surface area contributed by atoms with E-state index in [0.29, 0.717) is 20.9 Å². The Hall–Kier alpha value is -0.220. The summed E-state index contributed by atoms with van der Waals surface area (Å²) < 4.78 is 5.32. The summed E-state index contributed by atoms with van der Waals surface area (Å²) in [7, 11) is 0. The van der Waals surface area contributed by atoms with Crippen molar-refractivity contribution in [2.24, 2.45) is 0 Å². The van der Waals surface area contributed by atoms with Crippen LogP contribution < -0.4 is 0 Å². The number of rotatable bonds is 4. The minimum absolute atomic E-state index is 0.0677. The van der Waals surface area contributed by atoms with E-state index in [9.17, 15) is 4.79 Å². The molecule has 1 aromatic rings. The van der Waals surface area contributed by atoms with E-state index in [1.165, 1.54) is 0 Å². The average Bonchev–Trinajstić information content (AvgIpc) is 2.39. The second-order valence-corrected chi connectivity index (χ2v) is 7.07. The molecule has 2 nitrogen and oxygen atoms in total. The number of ether oxygens (including phenoxy) is 1. The maximum atomic E-state index is 12.4. The quantitative estimate of drug-likeness (QED) is 0.766. The Kier molecular flexibility index (Phi) is 5.58. The number of hydrogen-bond acceptors (Lipinski definition) is 3. The van der Waals surface area contributed by atoms with Gasteiger partial charge in [-0.3, -0.25) is 4.79 Å². The van der Waals surface area contributed by atoms with Crippen molar-refractivity contribution in [2.75, 3.05) is 13.2 Å². The molecule has 5 heteroatoms. The normalized spacial score (nSPS) is 18.3. The third-order valence-corrected chi connectivity index (χ3v) is 5.16. The summed E-state index contributed by atoms with van der Waals surface area (Å²) >= 11 is 13.6. The zero-order chi connectivity index (χ0) is 13.8. The molecule has 0 aromatic heterocycles. The number of Topliss-reactive ketones (excluding diaryl/α,β-unsaturated/α-hetero) is 1. The number of halogens is 2. The van der Waals surface area contributed by atoms with Crippen molar-refractivity contribution in [3.63, 3.8) is 0 Å². The zero-order valence-electron chi connectivity index (χ0n) is 10.7. The maximum absolute atomic E-state index is 12.4. The number of thioether (sulfide) groups is 1. The Morgan fingerprint density at radius 3 is 2.68 bits per heavy atom. The lowest BCUT2D eigenvalue weighted by molar-refractivity contribution is 0.0974. The summed E-state index contributed by atoms with van der Waals surface area (Å²) in [5.74, 6) is 0.0677. The summed E-state index contributed by atoms with van der Waals surface area (Å²) in [6.45, 7) is 3.52. The lowest BCUT2D eigenvalue weighted by atomic mass is 10.1. The topological polar surface area (TPSA) is 26.3 Å². The highest BCUT2D eigenvalue weighted by Crippen LogP contribution is 2.30. The minimum atomic E-state index is -0.0956. The Morgan fingerprint density at radius 2 is 2.05 bits per heavy atom. The standard InChI is InChI=1S/C14H16Cl2O2S/c1-9(19-11-4-6-18-7-5-11)14(17)12-3-2-10(15)8-13(12)16/h2-3,8-9,11H,4-7H2,1H3. The summed E-state index contributed by atoms with van der Waals surface area (Å²) in [4.78, 5) is 12.4. The van der Waals surface area contributed by atoms with E-state index < -0.39 is 0 Å². The van der Waals surface area contributed by atoms with Gasteiger partial charge in [-0.25, -0.2) is 0 Å². The highest BCUT2D eigenvalue weighted by atomic mass is 35.5. The molecule has 0 saturated carbocycles. The van der Waals surface area contributed by atoms with Crippen molar-refractivity contribution in [3.8, 4) is 0 Å². The van der Waals surface area contributed by atoms with Gasteiger partial charge in [-0.05, 0) is 38.0 Å². The van der Waals surface area contributed by atoms with Gasteiger partial charge in [0.2, 0.25) is 0 Å². The molecule has 1 atom stereocenters. The van der Waals surface area contributed by atoms with Gasteiger partial charge in [-0.15, -0.1) is 11.8 Å². The molecule has 2 rings (SSSR count). The van der Waals surface area contributed by atoms with Gasteiger partial charge in [0, 0.05) is 29.0 Å². The fourth-order valence-corrected chi connectivity index (χ4v) is 3.86. The van der Waals surface area contributed by atoms with Crippen LogP contribution in [0.15, 0.2) is 18.2 Å². The molecule has 0 aliphatic carbocycles. The minimum Gasteiger partial charge on any atom is -0.381 e. The van der Waals surface area contributed by atoms with Crippen LogP contribution in [0.1, 0.15) is 30.1 Å². The van der Waals surface area contributed by atoms with E-state index in [0.717, 1.165) is 26.1 Å². The molecular weight excluding hydrogens is 303 g/mol. The van der Waals surface area contributed by atoms with Crippen molar-refractivity contribution in [2.45, 2.75) is 30.3 Å². The monoisotopic (exact) mass is 318 g/mol. The first-order chi connectivity index (χ1) is 9.08. The Bertz CT molecular complexity index is 459. The van der Waals surface area contributed by atoms with Crippen LogP contribution in [-0.2, 0) is 4.74 Å². The second kappa shape index (κ2) is 6.98. The van der Waals surface area contributed by atoms with Crippen LogP contribution in [0, 0.1) is 0 Å². The Labute approximate surface area is 127 Å². The van der Waals surface area contributed by atoms with Gasteiger partial charge in [-0.2, -0.15) is 0 Å². The van der Waals surface area contributed by atoms with E-state index in [1.807, 2.05) is 6.92 Å². The van der Waals surface area contributed by atoms with Crippen LogP contribution in [0.2, 0.25) is 10.0 Å². The highest BCUT2D eigenvalue weighted by molar-refractivity contribution is 8.01. The molecule has 1 unspecified atom stereocenters. The molecule has 104 valence electrons. The number of ketones is 1. The van der Waals surface area contributed by atoms with Gasteiger partial charge in [0.05, 0.1) is 10.3 Å². The predicted molar refractivity (Wildman–Crippen MR) is 81.7 cm³/mol. The lowest BCUT2D eigenvalue weighted by Crippen LogP contribution is -2.23. The molecule has 0 N–H and O–H groups in total. The smallest absolute Gasteiger partial charge is 0.177 e. The number of hydrogen-bond donors (Lipinski definition) is 0. The molecule has 0 bridgehead atoms. The first-order valence-electron chi connectivity index (χ1n) is 6.30. The highest BCUT2D eigenvalue weighted by Gasteiger charge is 2.23. The van der Waals surface area contributed by atoms with Crippen molar-refractivity contribution in [3.05, 3.63) is 33.8 Å². The predicted octanol–water partition coefficient (Wildman–Crippen LogP) is 4.48. The van der Waals surface area contributed by atoms with Crippen LogP contribution >= 0.6 is 35.0 Å². The summed E-state index contributed by atoms with van der Waals surface area (Å²) in [6.07, 6.45) is 2.02. The largest absolute Gasteiger partial charge is 0.381 e. The molecule has 0 spiro atoms. The van der Waals surface area contributed by atoms with Crippen LogP contribution in [0.25, 0.3) is 0 Å². The first kappa shape index (κ1) is 15.2. The zero-order valence-corrected chi connectivity index (χ0v) is 13.0. The molecule has 0 radical (unpaired) electrons. The summed E-state index contributed by atoms with van der Waals surface area (Å²) in [5, 5.41) is 1.38. The summed E-state index contributed by atoms with van der Waals surface area (Å²) in [5.41, 5.74) is 0.554. The molecule has 1 aliphatic rings. The maximum Gasteiger partial charge on any atom is 0.177 e. The van der Waals surface area contributed by atoms with Crippen molar-refractivity contribution in [1.82, 2.24) is 0 Å². The number of benzene rings is 1. The molecule has 1 aromatic carbocycles. The van der Waals surface area contributed by atoms with Crippen LogP contribution in [-0.4, -0.2) is 29.5 Å². The summed E-state index contributed by atoms with van der Waals surface area (Å²) in [6, 6.07) is 5.02. The van der Waals surface area contributed by atoms with Gasteiger partial charge < -0.3 is 4.74 Å². The average molecular weight is 319 g/mol. The second-order valence-electron chi connectivity index (χ2n) is 4.58. The van der Waals surface area contributed by atoms with Crippen molar-refractivity contribution >= 4 is 40.7 Å². The fraction of sp³-hybridized carbons (Fsp3) is 0.500. The van der Waals surface area contributed by atoms with E-state index in [2.05, 4.69) is 0 Å². The first-order valence-corrected chi connectivity index (χ1v) is 8.00. The van der Waals surface area contributed by atoms with Gasteiger partial charge in [-0.1, -0.05) is 23.2 Å². The van der Waals surface area contributed by atoms with E-state index in [1.54, 1.807) is 30.0 Å². The Morgan fingerprint density at radius 1 is 1.37 bits per heavy atom. The Balaban J connectivity index is 2.01. The number of carbonyl (C=O) groups excluding carboxylic acids is 1. The fourth-order valence-electron chi connectivity index (χ4n) is 2.07. The lowest BCUT2D eigenvalue weighted by Gasteiger charge is -2.24. The van der Waals surface area contributed by atoms with Gasteiger partial charge >= 0.3 is 0 Å². The molecule has 1 saturated heterocycles. The molecule has 1 heterocycles. The van der Waals surface area contributed by atoms with Gasteiger partial charge in [0.25, 0.3) is 0 Å². The van der Waals surface area contributed by atoms with Crippen molar-refractivity contribution < 1.29 is 9.53 Å². The third-order valence-electron chi connectivity index (χ3n) is 3.13. The van der Waals surface area contributed by atoms with E-state index in [4.69, 9.17) is 27.9 Å². The van der Waals surface area contributed by atoms with Crippen molar-refractivity contribution in [1.29, 1.82) is 0 Å². The molecular formula is C14H16Cl2O2S.